The summed E-state index contributed by atoms with van der Waals surface area (Å²) in [5, 5.41) is 30.9. The maximum Gasteiger partial charge on any atom is 0.345 e. The maximum absolute atomic E-state index is 14.0. The minimum atomic E-state index is -2.19. The molecule has 0 fully saturated rings. The molecule has 1 aromatic carbocycles. The molecular weight excluding hydrogens is 405 g/mol. The molecule has 0 amide bonds. The van der Waals surface area contributed by atoms with Gasteiger partial charge in [0.25, 0.3) is 5.82 Å². The van der Waals surface area contributed by atoms with E-state index in [0.717, 1.165) is 0 Å². The van der Waals surface area contributed by atoms with E-state index in [2.05, 4.69) is 4.98 Å². The van der Waals surface area contributed by atoms with E-state index < -0.39 is 72.9 Å². The van der Waals surface area contributed by atoms with Crippen LogP contribution in [-0.2, 0) is 4.79 Å². The van der Waals surface area contributed by atoms with Crippen molar-refractivity contribution in [2.75, 3.05) is 5.73 Å². The van der Waals surface area contributed by atoms with E-state index in [1.54, 1.807) is 0 Å². The van der Waals surface area contributed by atoms with Crippen molar-refractivity contribution >= 4 is 40.7 Å². The summed E-state index contributed by atoms with van der Waals surface area (Å²) in [6, 6.07) is 2.33. The Balaban J connectivity index is 2.52. The van der Waals surface area contributed by atoms with E-state index in [1.165, 1.54) is 6.07 Å². The highest BCUT2D eigenvalue weighted by Gasteiger charge is 2.44. The van der Waals surface area contributed by atoms with Crippen LogP contribution in [0.15, 0.2) is 23.9 Å². The fraction of sp³-hybridized carbons (Fsp3) is 0. The third-order valence-corrected chi connectivity index (χ3v) is 4.26. The molecule has 0 radical (unpaired) electrons. The van der Waals surface area contributed by atoms with E-state index in [-0.39, 0.29) is 6.20 Å². The average molecular weight is 411 g/mol. The Morgan fingerprint density at radius 1 is 1.32 bits per heavy atom. The van der Waals surface area contributed by atoms with Crippen molar-refractivity contribution in [1.82, 2.24) is 9.63 Å². The van der Waals surface area contributed by atoms with Crippen molar-refractivity contribution in [1.29, 1.82) is 5.26 Å². The zero-order valence-corrected chi connectivity index (χ0v) is 14.1. The fourth-order valence-corrected chi connectivity index (χ4v) is 3.00. The van der Waals surface area contributed by atoms with Gasteiger partial charge in [-0.3, -0.25) is 4.79 Å². The van der Waals surface area contributed by atoms with Crippen molar-refractivity contribution in [3.05, 3.63) is 62.7 Å². The summed E-state index contributed by atoms with van der Waals surface area (Å²) >= 11 is 5.73. The molecule has 1 atom stereocenters. The number of halogens is 4. The first-order valence-electron chi connectivity index (χ1n) is 7.18. The first-order chi connectivity index (χ1) is 13.0. The average Bonchev–Trinajstić information content (AvgIpc) is 2.63. The molecule has 2 heterocycles. The van der Waals surface area contributed by atoms with Crippen molar-refractivity contribution < 1.29 is 27.9 Å². The molecule has 3 rings (SSSR count). The van der Waals surface area contributed by atoms with Gasteiger partial charge in [-0.25, -0.2) is 22.6 Å². The molecule has 1 aliphatic heterocycles. The second-order valence-corrected chi connectivity index (χ2v) is 5.93. The number of rotatable bonds is 2. The van der Waals surface area contributed by atoms with Crippen LogP contribution in [0.3, 0.4) is 0 Å². The molecular formula is C16H6ClF3N4O4. The number of carbonyl (C=O) groups excluding carboxylic acids is 1. The normalized spacial score (nSPS) is 18.3. The highest BCUT2D eigenvalue weighted by molar-refractivity contribution is 6.36. The topological polar surface area (TPSA) is 140 Å². The van der Waals surface area contributed by atoms with Crippen molar-refractivity contribution in [2.24, 2.45) is 0 Å². The van der Waals surface area contributed by atoms with Gasteiger partial charge in [0, 0.05) is 6.07 Å². The van der Waals surface area contributed by atoms with Crippen LogP contribution in [-0.4, -0.2) is 21.8 Å². The number of benzene rings is 1. The maximum atomic E-state index is 14.0. The lowest BCUT2D eigenvalue weighted by molar-refractivity contribution is -0.132. The van der Waals surface area contributed by atoms with Crippen LogP contribution >= 0.6 is 11.6 Å². The fourth-order valence-electron chi connectivity index (χ4n) is 2.68. The molecule has 0 aliphatic carbocycles. The van der Waals surface area contributed by atoms with Gasteiger partial charge in [0.15, 0.2) is 34.5 Å². The van der Waals surface area contributed by atoms with Crippen LogP contribution in [0.25, 0.3) is 0 Å². The first-order valence-corrected chi connectivity index (χ1v) is 7.56. The number of quaternary nitrogens is 1. The Morgan fingerprint density at radius 2 is 1.96 bits per heavy atom. The van der Waals surface area contributed by atoms with E-state index in [9.17, 15) is 38.3 Å². The first kappa shape index (κ1) is 19.3. The molecule has 1 aliphatic rings. The lowest BCUT2D eigenvalue weighted by Gasteiger charge is -2.40. The van der Waals surface area contributed by atoms with Crippen LogP contribution in [0.5, 0.6) is 0 Å². The van der Waals surface area contributed by atoms with Crippen LogP contribution in [0.4, 0.5) is 30.5 Å². The number of carbonyl (C=O) groups is 2. The molecule has 0 saturated heterocycles. The van der Waals surface area contributed by atoms with Gasteiger partial charge >= 0.3 is 5.97 Å². The van der Waals surface area contributed by atoms with Gasteiger partial charge in [0.05, 0.1) is 5.56 Å². The van der Waals surface area contributed by atoms with Crippen LogP contribution in [0, 0.1) is 34.0 Å². The Labute approximate surface area is 158 Å². The number of nitriles is 1. The lowest BCUT2D eigenvalue weighted by atomic mass is 9.96. The van der Waals surface area contributed by atoms with Gasteiger partial charge in [-0.1, -0.05) is 11.6 Å². The minimum Gasteiger partial charge on any atom is -0.615 e. The summed E-state index contributed by atoms with van der Waals surface area (Å²) in [4.78, 5) is 27.2. The van der Waals surface area contributed by atoms with Gasteiger partial charge in [-0.2, -0.15) is 10.2 Å². The van der Waals surface area contributed by atoms with E-state index in [0.29, 0.717) is 12.1 Å². The Morgan fingerprint density at radius 3 is 2.54 bits per heavy atom. The lowest BCUT2D eigenvalue weighted by Crippen LogP contribution is -2.40. The van der Waals surface area contributed by atoms with Gasteiger partial charge in [-0.15, -0.1) is 0 Å². The molecule has 1 aromatic heterocycles. The number of fused-ring (bicyclic) bond motifs is 1. The van der Waals surface area contributed by atoms with Gasteiger partial charge in [0.2, 0.25) is 5.78 Å². The third-order valence-electron chi connectivity index (χ3n) is 3.92. The number of nitrogens with two attached hydrogens (primary N) is 1. The van der Waals surface area contributed by atoms with Crippen LogP contribution in [0.1, 0.15) is 15.9 Å². The molecule has 2 aromatic rings. The van der Waals surface area contributed by atoms with Crippen molar-refractivity contribution in [3.63, 3.8) is 0 Å². The largest absolute Gasteiger partial charge is 0.615 e. The predicted octanol–water partition coefficient (Wildman–Crippen LogP) is 2.91. The molecule has 3 N–H and O–H groups in total. The molecule has 28 heavy (non-hydrogen) atoms. The monoisotopic (exact) mass is 410 g/mol. The Bertz CT molecular complexity index is 1160. The number of hydroxylamine groups is 1. The number of ketones is 1. The summed E-state index contributed by atoms with van der Waals surface area (Å²) in [6.07, 6.45) is 0.288. The van der Waals surface area contributed by atoms with Gasteiger partial charge in [0.1, 0.15) is 22.9 Å². The number of nitrogen functional groups attached to an aromatic ring is 1. The summed E-state index contributed by atoms with van der Waals surface area (Å²) in [5.74, 6) is -9.34. The van der Waals surface area contributed by atoms with Gasteiger partial charge in [-0.05, 0) is 6.07 Å². The Hall–Kier alpha value is -3.46. The highest BCUT2D eigenvalue weighted by atomic mass is 35.5. The third kappa shape index (κ3) is 2.59. The minimum absolute atomic E-state index is 0.288. The predicted molar refractivity (Wildman–Crippen MR) is 89.6 cm³/mol. The second-order valence-electron chi connectivity index (χ2n) is 5.56. The number of carboxylic acid groups (broad SMARTS) is 1. The summed E-state index contributed by atoms with van der Waals surface area (Å²) in [5.41, 5.74) is 1.74. The van der Waals surface area contributed by atoms with E-state index >= 15 is 0 Å². The van der Waals surface area contributed by atoms with Gasteiger partial charge < -0.3 is 16.0 Å². The molecule has 8 nitrogen and oxygen atoms in total. The highest BCUT2D eigenvalue weighted by Crippen LogP contribution is 2.47. The number of anilines is 1. The molecule has 0 saturated carbocycles. The molecule has 142 valence electrons. The summed E-state index contributed by atoms with van der Waals surface area (Å²) in [7, 11) is 0. The number of Topliss-reactive ketones (excluding diaryl/α,β-unsaturated/α-hetero) is 1. The summed E-state index contributed by atoms with van der Waals surface area (Å²) < 4.78 is 39.2. The molecule has 0 bridgehead atoms. The number of carboxylic acids is 1. The second kappa shape index (κ2) is 6.31. The quantitative estimate of drug-likeness (QED) is 0.335. The number of aliphatic carboxylic acids is 1. The van der Waals surface area contributed by atoms with E-state index in [4.69, 9.17) is 17.3 Å². The number of pyridine rings is 1. The molecule has 12 heteroatoms. The number of aromatic nitrogens is 1. The van der Waals surface area contributed by atoms with Crippen molar-refractivity contribution in [3.8, 4) is 6.07 Å². The van der Waals surface area contributed by atoms with Crippen molar-refractivity contribution in [2.45, 2.75) is 0 Å². The van der Waals surface area contributed by atoms with E-state index in [1.807, 2.05) is 0 Å². The molecule has 1 unspecified atom stereocenters. The van der Waals surface area contributed by atoms with Crippen LogP contribution in [0.2, 0.25) is 5.02 Å². The zero-order valence-electron chi connectivity index (χ0n) is 13.3. The SMILES string of the molecule is N#Cc1cc(F)c(N)nc1[N+]1([O-])C=C(C(=O)O)C(=O)c2cc(F)c(F)c(Cl)c21. The number of hydrogen-bond donors (Lipinski definition) is 2. The number of hydrogen-bond acceptors (Lipinski definition) is 6. The smallest absolute Gasteiger partial charge is 0.345 e. The molecule has 0 spiro atoms. The number of nitrogens with zero attached hydrogens (tertiary/aromatic N) is 3. The van der Waals surface area contributed by atoms with Crippen LogP contribution < -0.4 is 10.4 Å². The Kier molecular flexibility index (Phi) is 4.35. The summed E-state index contributed by atoms with van der Waals surface area (Å²) in [6.45, 7) is 0. The standard InChI is InChI=1S/C16H6ClF3N4O4/c17-10-11(20)8(18)2-6-12(10)24(28,4-7(13(6)25)16(26)27)15-5(3-21)1-9(19)14(22)23-15/h1-2,4H,(H2,22,23)(H,26,27). The zero-order chi connectivity index (χ0) is 21.0.